The summed E-state index contributed by atoms with van der Waals surface area (Å²) in [7, 11) is 0. The molecule has 3 nitrogen and oxygen atoms in total. The third-order valence-corrected chi connectivity index (χ3v) is 4.15. The Morgan fingerprint density at radius 2 is 1.84 bits per heavy atom. The molecule has 0 aromatic heterocycles. The zero-order valence-electron chi connectivity index (χ0n) is 11.1. The number of hydrogen-bond donors (Lipinski definition) is 1. The number of carbonyl (C=O) groups excluding carboxylic acids is 1. The molecule has 0 radical (unpaired) electrons. The molecule has 1 aliphatic heterocycles. The smallest absolute Gasteiger partial charge is 0.380 e. The average molecular weight is 279 g/mol. The number of ether oxygens (including phenoxy) is 1. The lowest BCUT2D eigenvalue weighted by molar-refractivity contribution is -0.184. The average Bonchev–Trinajstić information content (AvgIpc) is 2.33. The summed E-state index contributed by atoms with van der Waals surface area (Å²) in [6.45, 7) is 3.84. The maximum atomic E-state index is 12.5. The van der Waals surface area contributed by atoms with Crippen molar-refractivity contribution in [3.05, 3.63) is 0 Å². The van der Waals surface area contributed by atoms with Gasteiger partial charge in [-0.2, -0.15) is 13.2 Å². The van der Waals surface area contributed by atoms with Crippen LogP contribution in [0.2, 0.25) is 0 Å². The lowest BCUT2D eigenvalue weighted by Crippen LogP contribution is -2.49. The molecule has 0 aromatic carbocycles. The minimum atomic E-state index is -4.11. The molecule has 0 spiro atoms. The van der Waals surface area contributed by atoms with Gasteiger partial charge in [0.25, 0.3) is 0 Å². The number of carbonyl (C=O) groups is 1. The highest BCUT2D eigenvalue weighted by Crippen LogP contribution is 2.39. The van der Waals surface area contributed by atoms with Gasteiger partial charge in [0.2, 0.25) is 5.91 Å². The molecular weight excluding hydrogens is 259 g/mol. The fourth-order valence-electron chi connectivity index (χ4n) is 2.68. The van der Waals surface area contributed by atoms with Crippen molar-refractivity contribution in [2.75, 3.05) is 19.8 Å². The lowest BCUT2D eigenvalue weighted by Gasteiger charge is -2.38. The van der Waals surface area contributed by atoms with Gasteiger partial charge in [0, 0.05) is 17.9 Å². The lowest BCUT2D eigenvalue weighted by atomic mass is 9.81. The van der Waals surface area contributed by atoms with Crippen LogP contribution >= 0.6 is 0 Å². The summed E-state index contributed by atoms with van der Waals surface area (Å²) in [6.07, 6.45) is -3.30. The highest BCUT2D eigenvalue weighted by atomic mass is 19.4. The van der Waals surface area contributed by atoms with E-state index in [-0.39, 0.29) is 30.1 Å². The molecule has 1 saturated heterocycles. The summed E-state index contributed by atoms with van der Waals surface area (Å²) in [6, 6.07) is 0. The first kappa shape index (κ1) is 14.6. The van der Waals surface area contributed by atoms with E-state index in [0.29, 0.717) is 32.6 Å². The zero-order valence-corrected chi connectivity index (χ0v) is 11.1. The van der Waals surface area contributed by atoms with Gasteiger partial charge in [0.05, 0.1) is 19.1 Å². The summed E-state index contributed by atoms with van der Waals surface area (Å²) in [5.41, 5.74) is -0.00116. The Labute approximate surface area is 110 Å². The van der Waals surface area contributed by atoms with Gasteiger partial charge in [-0.05, 0) is 25.7 Å². The van der Waals surface area contributed by atoms with Crippen molar-refractivity contribution in [3.8, 4) is 0 Å². The van der Waals surface area contributed by atoms with Crippen LogP contribution in [0.1, 0.15) is 32.6 Å². The van der Waals surface area contributed by atoms with E-state index in [1.807, 2.05) is 6.92 Å². The summed E-state index contributed by atoms with van der Waals surface area (Å²) in [5.74, 6) is -1.59. The molecule has 0 unspecified atom stereocenters. The predicted octanol–water partition coefficient (Wildman–Crippen LogP) is 2.51. The molecule has 19 heavy (non-hydrogen) atoms. The molecule has 1 N–H and O–H groups in total. The van der Waals surface area contributed by atoms with Gasteiger partial charge in [-0.3, -0.25) is 4.79 Å². The molecule has 1 saturated carbocycles. The van der Waals surface area contributed by atoms with E-state index in [9.17, 15) is 18.0 Å². The number of halogens is 3. The van der Waals surface area contributed by atoms with E-state index < -0.39 is 12.1 Å². The van der Waals surface area contributed by atoms with Crippen molar-refractivity contribution in [1.29, 1.82) is 0 Å². The molecule has 1 heterocycles. The Morgan fingerprint density at radius 3 is 2.26 bits per heavy atom. The Morgan fingerprint density at radius 1 is 1.26 bits per heavy atom. The topological polar surface area (TPSA) is 38.3 Å². The second kappa shape index (κ2) is 5.31. The number of amides is 1. The van der Waals surface area contributed by atoms with Crippen LogP contribution in [-0.4, -0.2) is 31.8 Å². The molecule has 0 bridgehead atoms. The second-order valence-corrected chi connectivity index (χ2v) is 6.11. The Kier molecular flexibility index (Phi) is 4.08. The normalized spacial score (nSPS) is 30.5. The zero-order chi connectivity index (χ0) is 14.1. The van der Waals surface area contributed by atoms with E-state index in [2.05, 4.69) is 5.32 Å². The highest BCUT2D eigenvalue weighted by Gasteiger charge is 2.42. The number of rotatable bonds is 3. The maximum absolute atomic E-state index is 12.5. The van der Waals surface area contributed by atoms with Gasteiger partial charge in [-0.15, -0.1) is 0 Å². The molecule has 0 aromatic rings. The van der Waals surface area contributed by atoms with Crippen molar-refractivity contribution in [2.45, 2.75) is 38.8 Å². The fraction of sp³-hybridized carbons (Fsp3) is 0.923. The molecule has 1 amide bonds. The van der Waals surface area contributed by atoms with Gasteiger partial charge in [-0.1, -0.05) is 6.92 Å². The first-order chi connectivity index (χ1) is 8.80. The number of hydrogen-bond acceptors (Lipinski definition) is 2. The number of nitrogens with one attached hydrogen (secondary N) is 1. The molecular formula is C13H20F3NO2. The standard InChI is InChI=1S/C13H20F3NO2/c1-12(7-19-8-12)6-17-11(18)9-2-4-10(5-3-9)13(14,15)16/h9-10H,2-8H2,1H3,(H,17,18). The van der Waals surface area contributed by atoms with Crippen LogP contribution in [0.5, 0.6) is 0 Å². The fourth-order valence-corrected chi connectivity index (χ4v) is 2.68. The van der Waals surface area contributed by atoms with Crippen LogP contribution in [0.4, 0.5) is 13.2 Å². The predicted molar refractivity (Wildman–Crippen MR) is 63.4 cm³/mol. The van der Waals surface area contributed by atoms with Gasteiger partial charge in [0.1, 0.15) is 0 Å². The van der Waals surface area contributed by atoms with Gasteiger partial charge in [-0.25, -0.2) is 0 Å². The van der Waals surface area contributed by atoms with E-state index in [1.165, 1.54) is 0 Å². The quantitative estimate of drug-likeness (QED) is 0.862. The summed E-state index contributed by atoms with van der Waals surface area (Å²) >= 11 is 0. The van der Waals surface area contributed by atoms with Crippen LogP contribution in [0.15, 0.2) is 0 Å². The number of alkyl halides is 3. The van der Waals surface area contributed by atoms with E-state index in [4.69, 9.17) is 4.74 Å². The van der Waals surface area contributed by atoms with E-state index >= 15 is 0 Å². The SMILES string of the molecule is CC1(CNC(=O)C2CCC(C(F)(F)F)CC2)COC1. The van der Waals surface area contributed by atoms with Crippen LogP contribution in [-0.2, 0) is 9.53 Å². The monoisotopic (exact) mass is 279 g/mol. The molecule has 6 heteroatoms. The minimum Gasteiger partial charge on any atom is -0.380 e. The van der Waals surface area contributed by atoms with Crippen LogP contribution < -0.4 is 5.32 Å². The van der Waals surface area contributed by atoms with Crippen molar-refractivity contribution in [1.82, 2.24) is 5.32 Å². The van der Waals surface area contributed by atoms with Crippen molar-refractivity contribution in [3.63, 3.8) is 0 Å². The molecule has 110 valence electrons. The summed E-state index contributed by atoms with van der Waals surface area (Å²) in [5, 5.41) is 2.85. The van der Waals surface area contributed by atoms with Crippen molar-refractivity contribution >= 4 is 5.91 Å². The minimum absolute atomic E-state index is 0.00116. The largest absolute Gasteiger partial charge is 0.391 e. The first-order valence-corrected chi connectivity index (χ1v) is 6.72. The van der Waals surface area contributed by atoms with Gasteiger partial charge < -0.3 is 10.1 Å². The summed E-state index contributed by atoms with van der Waals surface area (Å²) < 4.78 is 42.6. The van der Waals surface area contributed by atoms with Crippen molar-refractivity contribution < 1.29 is 22.7 Å². The summed E-state index contributed by atoms with van der Waals surface area (Å²) in [4.78, 5) is 11.9. The molecule has 1 aliphatic carbocycles. The Bertz CT molecular complexity index is 331. The van der Waals surface area contributed by atoms with E-state index in [1.54, 1.807) is 0 Å². The van der Waals surface area contributed by atoms with Crippen molar-refractivity contribution in [2.24, 2.45) is 17.3 Å². The van der Waals surface area contributed by atoms with Crippen LogP contribution in [0, 0.1) is 17.3 Å². The third-order valence-electron chi connectivity index (χ3n) is 4.15. The maximum Gasteiger partial charge on any atom is 0.391 e. The van der Waals surface area contributed by atoms with Crippen LogP contribution in [0.25, 0.3) is 0 Å². The molecule has 0 atom stereocenters. The molecule has 2 fully saturated rings. The highest BCUT2D eigenvalue weighted by molar-refractivity contribution is 5.78. The second-order valence-electron chi connectivity index (χ2n) is 6.11. The Balaban J connectivity index is 1.73. The molecule has 2 aliphatic rings. The Hall–Kier alpha value is -0.780. The van der Waals surface area contributed by atoms with Gasteiger partial charge in [0.15, 0.2) is 0 Å². The molecule has 2 rings (SSSR count). The van der Waals surface area contributed by atoms with Crippen LogP contribution in [0.3, 0.4) is 0 Å². The third kappa shape index (κ3) is 3.61. The first-order valence-electron chi connectivity index (χ1n) is 6.72. The van der Waals surface area contributed by atoms with E-state index in [0.717, 1.165) is 0 Å². The van der Waals surface area contributed by atoms with Gasteiger partial charge >= 0.3 is 6.18 Å².